The minimum atomic E-state index is -0.0157. The minimum Gasteiger partial charge on any atom is -0.392 e. The molecule has 1 aromatic carbocycles. The summed E-state index contributed by atoms with van der Waals surface area (Å²) >= 11 is 0. The summed E-state index contributed by atoms with van der Waals surface area (Å²) in [5.41, 5.74) is 4.17. The molecule has 0 radical (unpaired) electrons. The second kappa shape index (κ2) is 6.01. The second-order valence-electron chi connectivity index (χ2n) is 5.00. The molecule has 3 aromatic rings. The van der Waals surface area contributed by atoms with Crippen LogP contribution in [0.4, 0.5) is 0 Å². The number of benzene rings is 1. The summed E-state index contributed by atoms with van der Waals surface area (Å²) < 4.78 is 2.06. The lowest BCUT2D eigenvalue weighted by atomic mass is 10.0. The van der Waals surface area contributed by atoms with E-state index in [1.165, 1.54) is 0 Å². The molecule has 0 bridgehead atoms. The number of aliphatic hydroxyl groups excluding tert-OH is 1. The third-order valence-corrected chi connectivity index (χ3v) is 3.60. The van der Waals surface area contributed by atoms with Gasteiger partial charge in [-0.2, -0.15) is 0 Å². The molecule has 0 saturated heterocycles. The van der Waals surface area contributed by atoms with Crippen molar-refractivity contribution in [3.8, 4) is 11.3 Å². The molecule has 2 aromatic heterocycles. The van der Waals surface area contributed by atoms with E-state index in [0.29, 0.717) is 0 Å². The number of nitrogens with zero attached hydrogens (tertiary/aromatic N) is 4. The zero-order chi connectivity index (χ0) is 14.7. The van der Waals surface area contributed by atoms with Crippen LogP contribution in [0, 0.1) is 0 Å². The van der Waals surface area contributed by atoms with Crippen molar-refractivity contribution >= 4 is 11.2 Å². The number of unbranched alkanes of at least 4 members (excludes halogenated alkanes) is 1. The smallest absolute Gasteiger partial charge is 0.163 e. The van der Waals surface area contributed by atoms with E-state index in [2.05, 4.69) is 26.4 Å². The van der Waals surface area contributed by atoms with Gasteiger partial charge >= 0.3 is 0 Å². The van der Waals surface area contributed by atoms with Crippen LogP contribution in [0.5, 0.6) is 0 Å². The number of hydrogen-bond donors (Lipinski definition) is 1. The number of aromatic nitrogens is 4. The number of aryl methyl sites for hydroxylation is 1. The van der Waals surface area contributed by atoms with Gasteiger partial charge in [0, 0.05) is 12.1 Å². The summed E-state index contributed by atoms with van der Waals surface area (Å²) in [6.07, 6.45) is 5.61. The molecule has 0 saturated carbocycles. The quantitative estimate of drug-likeness (QED) is 0.781. The number of rotatable bonds is 5. The molecule has 0 atom stereocenters. The van der Waals surface area contributed by atoms with Crippen LogP contribution in [0.15, 0.2) is 36.9 Å². The molecule has 0 aliphatic heterocycles. The van der Waals surface area contributed by atoms with Gasteiger partial charge in [-0.1, -0.05) is 37.6 Å². The average Bonchev–Trinajstić information content (AvgIpc) is 2.96. The van der Waals surface area contributed by atoms with Crippen LogP contribution in [0.1, 0.15) is 25.3 Å². The maximum absolute atomic E-state index is 9.50. The van der Waals surface area contributed by atoms with Gasteiger partial charge < -0.3 is 9.67 Å². The lowest BCUT2D eigenvalue weighted by Crippen LogP contribution is -1.98. The fourth-order valence-electron chi connectivity index (χ4n) is 2.46. The topological polar surface area (TPSA) is 63.8 Å². The van der Waals surface area contributed by atoms with E-state index in [1.54, 1.807) is 6.33 Å². The summed E-state index contributed by atoms with van der Waals surface area (Å²) in [6.45, 7) is 3.06. The molecule has 21 heavy (non-hydrogen) atoms. The lowest BCUT2D eigenvalue weighted by Gasteiger charge is -2.07. The first kappa shape index (κ1) is 13.7. The van der Waals surface area contributed by atoms with Crippen molar-refractivity contribution in [2.75, 3.05) is 0 Å². The van der Waals surface area contributed by atoms with Crippen molar-refractivity contribution in [1.82, 2.24) is 19.5 Å². The van der Waals surface area contributed by atoms with E-state index in [4.69, 9.17) is 0 Å². The van der Waals surface area contributed by atoms with Gasteiger partial charge in [0.1, 0.15) is 17.5 Å². The molecule has 0 unspecified atom stereocenters. The molecular formula is C16H18N4O. The molecule has 0 aliphatic carbocycles. The summed E-state index contributed by atoms with van der Waals surface area (Å²) in [5.74, 6) is 0. The number of aliphatic hydroxyl groups is 1. The summed E-state index contributed by atoms with van der Waals surface area (Å²) in [5, 5.41) is 9.50. The minimum absolute atomic E-state index is 0.0157. The highest BCUT2D eigenvalue weighted by Crippen LogP contribution is 2.27. The van der Waals surface area contributed by atoms with Crippen molar-refractivity contribution in [3.05, 3.63) is 42.5 Å². The summed E-state index contributed by atoms with van der Waals surface area (Å²) in [7, 11) is 0. The Morgan fingerprint density at radius 1 is 1.14 bits per heavy atom. The molecule has 108 valence electrons. The Morgan fingerprint density at radius 2 is 2.00 bits per heavy atom. The molecular weight excluding hydrogens is 264 g/mol. The highest BCUT2D eigenvalue weighted by Gasteiger charge is 2.13. The zero-order valence-electron chi connectivity index (χ0n) is 12.0. The van der Waals surface area contributed by atoms with Crippen molar-refractivity contribution < 1.29 is 5.11 Å². The Kier molecular flexibility index (Phi) is 3.92. The van der Waals surface area contributed by atoms with E-state index < -0.39 is 0 Å². The van der Waals surface area contributed by atoms with Crippen LogP contribution in [0.2, 0.25) is 0 Å². The van der Waals surface area contributed by atoms with Crippen LogP contribution in [0.3, 0.4) is 0 Å². The van der Waals surface area contributed by atoms with Crippen molar-refractivity contribution in [3.63, 3.8) is 0 Å². The Labute approximate surface area is 123 Å². The van der Waals surface area contributed by atoms with Crippen molar-refractivity contribution in [2.24, 2.45) is 0 Å². The van der Waals surface area contributed by atoms with Gasteiger partial charge in [0.2, 0.25) is 0 Å². The third kappa shape index (κ3) is 2.52. The number of fused-ring (bicyclic) bond motifs is 1. The van der Waals surface area contributed by atoms with E-state index in [1.807, 2.05) is 30.6 Å². The predicted octanol–water partition coefficient (Wildman–Crippen LogP) is 2.79. The summed E-state index contributed by atoms with van der Waals surface area (Å²) in [6, 6.07) is 7.71. The maximum Gasteiger partial charge on any atom is 0.163 e. The maximum atomic E-state index is 9.50. The molecule has 1 N–H and O–H groups in total. The fraction of sp³-hybridized carbons (Fsp3) is 0.312. The first-order valence-corrected chi connectivity index (χ1v) is 7.20. The van der Waals surface area contributed by atoms with Gasteiger partial charge in [-0.3, -0.25) is 0 Å². The zero-order valence-corrected chi connectivity index (χ0v) is 12.0. The van der Waals surface area contributed by atoms with Gasteiger partial charge in [0.05, 0.1) is 12.9 Å². The lowest BCUT2D eigenvalue weighted by molar-refractivity contribution is 0.282. The highest BCUT2D eigenvalue weighted by molar-refractivity contribution is 5.88. The Hall–Kier alpha value is -2.27. The van der Waals surface area contributed by atoms with E-state index in [0.717, 1.165) is 47.4 Å². The first-order valence-electron chi connectivity index (χ1n) is 7.20. The molecule has 0 amide bonds. The van der Waals surface area contributed by atoms with Gasteiger partial charge in [-0.05, 0) is 12.0 Å². The molecule has 3 rings (SSSR count). The Morgan fingerprint density at radius 3 is 2.81 bits per heavy atom. The predicted molar refractivity (Wildman–Crippen MR) is 81.6 cm³/mol. The van der Waals surface area contributed by atoms with E-state index >= 15 is 0 Å². The Balaban J connectivity index is 2.13. The van der Waals surface area contributed by atoms with Gasteiger partial charge in [-0.15, -0.1) is 0 Å². The third-order valence-electron chi connectivity index (χ3n) is 3.60. The van der Waals surface area contributed by atoms with Crippen LogP contribution >= 0.6 is 0 Å². The highest BCUT2D eigenvalue weighted by atomic mass is 16.3. The fourth-order valence-corrected chi connectivity index (χ4v) is 2.46. The first-order chi connectivity index (χ1) is 10.3. The number of imidazole rings is 1. The van der Waals surface area contributed by atoms with Crippen LogP contribution in [-0.4, -0.2) is 24.6 Å². The molecule has 0 aliphatic rings. The molecule has 0 fully saturated rings. The molecule has 2 heterocycles. The molecule has 0 spiro atoms. The van der Waals surface area contributed by atoms with Crippen LogP contribution < -0.4 is 0 Å². The monoisotopic (exact) mass is 282 g/mol. The van der Waals surface area contributed by atoms with Gasteiger partial charge in [-0.25, -0.2) is 15.0 Å². The standard InChI is InChI=1S/C16H18N4O/c1-2-3-8-20-11-19-15-14(17-10-18-16(15)20)13-7-5-4-6-12(13)9-21/h4-7,10-11,21H,2-3,8-9H2,1H3. The second-order valence-corrected chi connectivity index (χ2v) is 5.00. The van der Waals surface area contributed by atoms with E-state index in [-0.39, 0.29) is 6.61 Å². The van der Waals surface area contributed by atoms with Crippen LogP contribution in [-0.2, 0) is 13.2 Å². The Bertz CT molecular complexity index is 751. The SMILES string of the molecule is CCCCn1cnc2c(-c3ccccc3CO)ncnc21. The normalized spacial score (nSPS) is 11.1. The summed E-state index contributed by atoms with van der Waals surface area (Å²) in [4.78, 5) is 13.2. The van der Waals surface area contributed by atoms with Crippen LogP contribution in [0.25, 0.3) is 22.4 Å². The van der Waals surface area contributed by atoms with E-state index in [9.17, 15) is 5.11 Å². The van der Waals surface area contributed by atoms with Crippen molar-refractivity contribution in [2.45, 2.75) is 32.9 Å². The van der Waals surface area contributed by atoms with Gasteiger partial charge in [0.15, 0.2) is 5.65 Å². The average molecular weight is 282 g/mol. The van der Waals surface area contributed by atoms with Gasteiger partial charge in [0.25, 0.3) is 0 Å². The number of hydrogen-bond acceptors (Lipinski definition) is 4. The molecule has 5 nitrogen and oxygen atoms in total. The largest absolute Gasteiger partial charge is 0.392 e. The van der Waals surface area contributed by atoms with Crippen molar-refractivity contribution in [1.29, 1.82) is 0 Å². The molecule has 5 heteroatoms.